The van der Waals surface area contributed by atoms with Gasteiger partial charge >= 0.3 is 0 Å². The average Bonchev–Trinajstić information content (AvgIpc) is 3.12. The number of nitrogens with one attached hydrogen (secondary N) is 1. The van der Waals surface area contributed by atoms with Crippen LogP contribution in [-0.2, 0) is 4.79 Å². The molecule has 0 unspecified atom stereocenters. The van der Waals surface area contributed by atoms with Gasteiger partial charge < -0.3 is 11.1 Å². The van der Waals surface area contributed by atoms with Gasteiger partial charge in [-0.25, -0.2) is 4.98 Å². The predicted octanol–water partition coefficient (Wildman–Crippen LogP) is 2.23. The van der Waals surface area contributed by atoms with E-state index in [9.17, 15) is 9.59 Å². The molecule has 3 rings (SSSR count). The van der Waals surface area contributed by atoms with Crippen molar-refractivity contribution in [1.82, 2.24) is 9.38 Å². The van der Waals surface area contributed by atoms with Gasteiger partial charge in [0.15, 0.2) is 5.16 Å². The number of thiophene rings is 1. The average molecular weight is 332 g/mol. The molecule has 0 aliphatic rings. The fourth-order valence-corrected chi connectivity index (χ4v) is 3.49. The fourth-order valence-electron chi connectivity index (χ4n) is 1.92. The zero-order valence-corrected chi connectivity index (χ0v) is 13.0. The highest BCUT2D eigenvalue weighted by atomic mass is 32.2. The summed E-state index contributed by atoms with van der Waals surface area (Å²) < 4.78 is 1.91. The van der Waals surface area contributed by atoms with Crippen LogP contribution < -0.4 is 11.1 Å². The molecule has 8 heteroatoms. The van der Waals surface area contributed by atoms with Crippen molar-refractivity contribution in [2.45, 2.75) is 5.16 Å². The van der Waals surface area contributed by atoms with Gasteiger partial charge in [0.05, 0.1) is 23.0 Å². The molecular formula is C14H12N4O2S2. The summed E-state index contributed by atoms with van der Waals surface area (Å²) in [4.78, 5) is 27.5. The SMILES string of the molecule is NC(=O)c1ccsc1NC(=O)CSc1ncc2ccccn12. The highest BCUT2D eigenvalue weighted by Gasteiger charge is 2.13. The summed E-state index contributed by atoms with van der Waals surface area (Å²) in [6, 6.07) is 7.38. The molecule has 3 N–H and O–H groups in total. The second kappa shape index (κ2) is 6.20. The van der Waals surface area contributed by atoms with Gasteiger partial charge in [-0.1, -0.05) is 17.8 Å². The number of carbonyl (C=O) groups is 2. The van der Waals surface area contributed by atoms with E-state index in [0.29, 0.717) is 10.6 Å². The number of anilines is 1. The lowest BCUT2D eigenvalue weighted by Gasteiger charge is -2.04. The van der Waals surface area contributed by atoms with Gasteiger partial charge in [0.25, 0.3) is 5.91 Å². The van der Waals surface area contributed by atoms with E-state index in [1.807, 2.05) is 28.8 Å². The van der Waals surface area contributed by atoms with Gasteiger partial charge in [-0.3, -0.25) is 14.0 Å². The molecule has 0 aliphatic heterocycles. The van der Waals surface area contributed by atoms with Crippen molar-refractivity contribution < 1.29 is 9.59 Å². The molecule has 112 valence electrons. The van der Waals surface area contributed by atoms with Crippen LogP contribution in [0.2, 0.25) is 0 Å². The minimum Gasteiger partial charge on any atom is -0.366 e. The van der Waals surface area contributed by atoms with Crippen molar-refractivity contribution in [3.63, 3.8) is 0 Å². The number of nitrogens with two attached hydrogens (primary N) is 1. The molecule has 0 fully saturated rings. The summed E-state index contributed by atoms with van der Waals surface area (Å²) in [5.74, 6) is -0.560. The van der Waals surface area contributed by atoms with E-state index >= 15 is 0 Å². The maximum absolute atomic E-state index is 12.0. The van der Waals surface area contributed by atoms with Gasteiger partial charge in [0.2, 0.25) is 5.91 Å². The quantitative estimate of drug-likeness (QED) is 0.701. The Balaban J connectivity index is 1.65. The third-order valence-corrected chi connectivity index (χ3v) is 4.72. The van der Waals surface area contributed by atoms with Gasteiger partial charge in [-0.05, 0) is 23.6 Å². The first-order valence-electron chi connectivity index (χ1n) is 6.37. The maximum atomic E-state index is 12.0. The Morgan fingerprint density at radius 2 is 2.23 bits per heavy atom. The van der Waals surface area contributed by atoms with E-state index in [0.717, 1.165) is 10.7 Å². The smallest absolute Gasteiger partial charge is 0.251 e. The lowest BCUT2D eigenvalue weighted by Crippen LogP contribution is -2.17. The number of rotatable bonds is 5. The van der Waals surface area contributed by atoms with E-state index in [1.165, 1.54) is 23.1 Å². The molecule has 3 aromatic heterocycles. The number of carbonyl (C=O) groups excluding carboxylic acids is 2. The van der Waals surface area contributed by atoms with E-state index in [4.69, 9.17) is 5.73 Å². The van der Waals surface area contributed by atoms with Crippen LogP contribution in [-0.4, -0.2) is 27.0 Å². The number of thioether (sulfide) groups is 1. The summed E-state index contributed by atoms with van der Waals surface area (Å²) in [5, 5.41) is 5.64. The normalized spacial score (nSPS) is 10.7. The van der Waals surface area contributed by atoms with Crippen molar-refractivity contribution in [3.05, 3.63) is 47.6 Å². The molecule has 0 bridgehead atoms. The van der Waals surface area contributed by atoms with Crippen molar-refractivity contribution in [2.24, 2.45) is 5.73 Å². The summed E-state index contributed by atoms with van der Waals surface area (Å²) in [5.41, 5.74) is 6.55. The lowest BCUT2D eigenvalue weighted by molar-refractivity contribution is -0.113. The Morgan fingerprint density at radius 3 is 3.05 bits per heavy atom. The Morgan fingerprint density at radius 1 is 1.36 bits per heavy atom. The second-order valence-electron chi connectivity index (χ2n) is 4.40. The number of hydrogen-bond acceptors (Lipinski definition) is 5. The standard InChI is InChI=1S/C14H12N4O2S2/c15-12(20)10-4-6-21-13(10)17-11(19)8-22-14-16-7-9-3-1-2-5-18(9)14/h1-7H,8H2,(H2,15,20)(H,17,19). The topological polar surface area (TPSA) is 89.5 Å². The third-order valence-electron chi connectivity index (χ3n) is 2.92. The van der Waals surface area contributed by atoms with Gasteiger partial charge in [-0.15, -0.1) is 11.3 Å². The first kappa shape index (κ1) is 14.6. The minimum atomic E-state index is -0.552. The molecule has 3 heterocycles. The van der Waals surface area contributed by atoms with Gasteiger partial charge in [-0.2, -0.15) is 0 Å². The Labute approximate surface area is 134 Å². The van der Waals surface area contributed by atoms with Crippen LogP contribution in [0.1, 0.15) is 10.4 Å². The van der Waals surface area contributed by atoms with Crippen molar-refractivity contribution in [1.29, 1.82) is 0 Å². The van der Waals surface area contributed by atoms with Crippen LogP contribution in [0.3, 0.4) is 0 Å². The molecule has 0 saturated heterocycles. The van der Waals surface area contributed by atoms with Crippen LogP contribution in [0.5, 0.6) is 0 Å². The molecule has 0 saturated carbocycles. The van der Waals surface area contributed by atoms with Crippen molar-refractivity contribution in [2.75, 3.05) is 11.1 Å². The highest BCUT2D eigenvalue weighted by molar-refractivity contribution is 7.99. The number of nitrogens with zero attached hydrogens (tertiary/aromatic N) is 2. The summed E-state index contributed by atoms with van der Waals surface area (Å²) in [6.07, 6.45) is 3.65. The van der Waals surface area contributed by atoms with Crippen molar-refractivity contribution >= 4 is 45.4 Å². The number of pyridine rings is 1. The Hall–Kier alpha value is -2.32. The monoisotopic (exact) mass is 332 g/mol. The highest BCUT2D eigenvalue weighted by Crippen LogP contribution is 2.24. The molecule has 22 heavy (non-hydrogen) atoms. The summed E-state index contributed by atoms with van der Waals surface area (Å²) >= 11 is 2.60. The van der Waals surface area contributed by atoms with E-state index in [1.54, 1.807) is 17.6 Å². The first-order chi connectivity index (χ1) is 10.6. The number of primary amides is 1. The fraction of sp³-hybridized carbons (Fsp3) is 0.0714. The van der Waals surface area contributed by atoms with Crippen LogP contribution in [0.4, 0.5) is 5.00 Å². The molecule has 6 nitrogen and oxygen atoms in total. The molecule has 0 aliphatic carbocycles. The maximum Gasteiger partial charge on any atom is 0.251 e. The van der Waals surface area contributed by atoms with E-state index in [2.05, 4.69) is 10.3 Å². The zero-order valence-electron chi connectivity index (χ0n) is 11.4. The predicted molar refractivity (Wildman–Crippen MR) is 87.4 cm³/mol. The number of aromatic nitrogens is 2. The third kappa shape index (κ3) is 2.97. The summed E-state index contributed by atoms with van der Waals surface area (Å²) in [7, 11) is 0. The van der Waals surface area contributed by atoms with Crippen LogP contribution in [0, 0.1) is 0 Å². The Bertz CT molecular complexity index is 840. The largest absolute Gasteiger partial charge is 0.366 e. The molecule has 3 aromatic rings. The lowest BCUT2D eigenvalue weighted by atomic mass is 10.3. The number of amides is 2. The minimum absolute atomic E-state index is 0.199. The first-order valence-corrected chi connectivity index (χ1v) is 8.23. The van der Waals surface area contributed by atoms with Gasteiger partial charge in [0, 0.05) is 6.20 Å². The molecule has 2 amide bonds. The summed E-state index contributed by atoms with van der Waals surface area (Å²) in [6.45, 7) is 0. The van der Waals surface area contributed by atoms with E-state index < -0.39 is 5.91 Å². The molecule has 0 aromatic carbocycles. The van der Waals surface area contributed by atoms with Crippen LogP contribution in [0.15, 0.2) is 47.2 Å². The molecule has 0 atom stereocenters. The number of hydrogen-bond donors (Lipinski definition) is 2. The van der Waals surface area contributed by atoms with Crippen molar-refractivity contribution in [3.8, 4) is 0 Å². The number of fused-ring (bicyclic) bond motifs is 1. The second-order valence-corrected chi connectivity index (χ2v) is 6.26. The van der Waals surface area contributed by atoms with Gasteiger partial charge in [0.1, 0.15) is 5.00 Å². The van der Waals surface area contributed by atoms with E-state index in [-0.39, 0.29) is 11.7 Å². The number of imidazole rings is 1. The zero-order chi connectivity index (χ0) is 15.5. The molecular weight excluding hydrogens is 320 g/mol. The molecule has 0 spiro atoms. The molecule has 0 radical (unpaired) electrons. The Kier molecular flexibility index (Phi) is 4.12. The van der Waals surface area contributed by atoms with Crippen LogP contribution >= 0.6 is 23.1 Å². The van der Waals surface area contributed by atoms with Crippen LogP contribution in [0.25, 0.3) is 5.52 Å².